The SMILES string of the molecule is CC(C)(C)c1cc(Cc2ccccn2)cc(C(C)(C)C)c1O. The molecule has 0 fully saturated rings. The Labute approximate surface area is 134 Å². The molecule has 0 spiro atoms. The van der Waals surface area contributed by atoms with Crippen LogP contribution in [-0.2, 0) is 17.3 Å². The number of benzene rings is 1. The van der Waals surface area contributed by atoms with Gasteiger partial charge < -0.3 is 5.11 Å². The quantitative estimate of drug-likeness (QED) is 0.848. The molecule has 0 aliphatic carbocycles. The molecule has 0 aliphatic heterocycles. The Kier molecular flexibility index (Phi) is 4.32. The summed E-state index contributed by atoms with van der Waals surface area (Å²) in [5, 5.41) is 10.7. The van der Waals surface area contributed by atoms with Crippen molar-refractivity contribution in [3.05, 3.63) is 58.9 Å². The number of rotatable bonds is 2. The van der Waals surface area contributed by atoms with Crippen molar-refractivity contribution >= 4 is 0 Å². The molecule has 0 radical (unpaired) electrons. The van der Waals surface area contributed by atoms with E-state index >= 15 is 0 Å². The van der Waals surface area contributed by atoms with Gasteiger partial charge in [-0.05, 0) is 39.7 Å². The molecule has 2 nitrogen and oxygen atoms in total. The molecule has 0 aliphatic rings. The molecule has 0 saturated heterocycles. The van der Waals surface area contributed by atoms with Crippen LogP contribution >= 0.6 is 0 Å². The topological polar surface area (TPSA) is 33.1 Å². The lowest BCUT2D eigenvalue weighted by Gasteiger charge is -2.28. The maximum Gasteiger partial charge on any atom is 0.123 e. The van der Waals surface area contributed by atoms with Gasteiger partial charge in [0, 0.05) is 18.3 Å². The lowest BCUT2D eigenvalue weighted by Crippen LogP contribution is -2.18. The Morgan fingerprint density at radius 3 is 1.86 bits per heavy atom. The Balaban J connectivity index is 2.56. The third kappa shape index (κ3) is 3.68. The molecule has 0 unspecified atom stereocenters. The maximum atomic E-state index is 10.7. The molecule has 0 amide bonds. The smallest absolute Gasteiger partial charge is 0.123 e. The molecule has 0 saturated carbocycles. The van der Waals surface area contributed by atoms with Crippen LogP contribution < -0.4 is 0 Å². The number of phenolic OH excluding ortho intramolecular Hbond substituents is 1. The van der Waals surface area contributed by atoms with E-state index in [4.69, 9.17) is 0 Å². The fourth-order valence-electron chi connectivity index (χ4n) is 2.65. The van der Waals surface area contributed by atoms with Crippen LogP contribution in [0.1, 0.15) is 63.9 Å². The van der Waals surface area contributed by atoms with Crippen molar-refractivity contribution in [2.45, 2.75) is 58.8 Å². The minimum absolute atomic E-state index is 0.0930. The zero-order chi connectivity index (χ0) is 16.5. The monoisotopic (exact) mass is 297 g/mol. The highest BCUT2D eigenvalue weighted by atomic mass is 16.3. The van der Waals surface area contributed by atoms with Crippen molar-refractivity contribution in [2.24, 2.45) is 0 Å². The van der Waals surface area contributed by atoms with Gasteiger partial charge in [-0.25, -0.2) is 0 Å². The summed E-state index contributed by atoms with van der Waals surface area (Å²) in [5.41, 5.74) is 4.07. The van der Waals surface area contributed by atoms with E-state index in [-0.39, 0.29) is 10.8 Å². The summed E-state index contributed by atoms with van der Waals surface area (Å²) in [4.78, 5) is 4.42. The summed E-state index contributed by atoms with van der Waals surface area (Å²) >= 11 is 0. The van der Waals surface area contributed by atoms with Gasteiger partial charge in [-0.2, -0.15) is 0 Å². The molecule has 2 rings (SSSR count). The van der Waals surface area contributed by atoms with Gasteiger partial charge in [0.25, 0.3) is 0 Å². The van der Waals surface area contributed by atoms with Gasteiger partial charge in [-0.3, -0.25) is 4.98 Å². The van der Waals surface area contributed by atoms with Gasteiger partial charge in [-0.1, -0.05) is 59.7 Å². The number of nitrogens with zero attached hydrogens (tertiary/aromatic N) is 1. The first kappa shape index (κ1) is 16.5. The molecule has 0 atom stereocenters. The predicted octanol–water partition coefficient (Wildman–Crippen LogP) is 4.97. The second-order valence-electron chi connectivity index (χ2n) is 8.04. The number of hydrogen-bond acceptors (Lipinski definition) is 2. The first-order chi connectivity index (χ1) is 10.1. The standard InChI is InChI=1S/C20H27NO/c1-19(2,3)16-12-14(11-15-9-7-8-10-21-15)13-17(18(16)22)20(4,5)6/h7-10,12-13,22H,11H2,1-6H3. The highest BCUT2D eigenvalue weighted by molar-refractivity contribution is 5.50. The van der Waals surface area contributed by atoms with E-state index in [2.05, 4.69) is 58.7 Å². The Bertz CT molecular complexity index is 611. The fourth-order valence-corrected chi connectivity index (χ4v) is 2.65. The third-order valence-corrected chi connectivity index (χ3v) is 3.90. The Morgan fingerprint density at radius 1 is 0.909 bits per heavy atom. The number of phenols is 1. The molecular weight excluding hydrogens is 270 g/mol. The van der Waals surface area contributed by atoms with E-state index in [1.165, 1.54) is 5.56 Å². The van der Waals surface area contributed by atoms with Crippen molar-refractivity contribution in [3.8, 4) is 5.75 Å². The molecule has 2 heteroatoms. The molecule has 1 heterocycles. The van der Waals surface area contributed by atoms with E-state index < -0.39 is 0 Å². The number of aromatic hydroxyl groups is 1. The third-order valence-electron chi connectivity index (χ3n) is 3.90. The van der Waals surface area contributed by atoms with Crippen LogP contribution in [0.2, 0.25) is 0 Å². The zero-order valence-electron chi connectivity index (χ0n) is 14.6. The van der Waals surface area contributed by atoms with Gasteiger partial charge in [0.15, 0.2) is 0 Å². The summed E-state index contributed by atoms with van der Waals surface area (Å²) in [6.07, 6.45) is 2.61. The van der Waals surface area contributed by atoms with Gasteiger partial charge in [0.2, 0.25) is 0 Å². The average molecular weight is 297 g/mol. The van der Waals surface area contributed by atoms with Crippen molar-refractivity contribution < 1.29 is 5.11 Å². The van der Waals surface area contributed by atoms with Crippen molar-refractivity contribution in [2.75, 3.05) is 0 Å². The van der Waals surface area contributed by atoms with Crippen LogP contribution in [0.3, 0.4) is 0 Å². The van der Waals surface area contributed by atoms with E-state index in [9.17, 15) is 5.11 Å². The highest BCUT2D eigenvalue weighted by Crippen LogP contribution is 2.40. The van der Waals surface area contributed by atoms with Crippen LogP contribution in [0, 0.1) is 0 Å². The Morgan fingerprint density at radius 2 is 1.45 bits per heavy atom. The molecule has 2 aromatic rings. The first-order valence-electron chi connectivity index (χ1n) is 7.86. The van der Waals surface area contributed by atoms with Crippen LogP contribution in [0.4, 0.5) is 0 Å². The van der Waals surface area contributed by atoms with Crippen LogP contribution in [-0.4, -0.2) is 10.1 Å². The lowest BCUT2D eigenvalue weighted by molar-refractivity contribution is 0.423. The molecular formula is C20H27NO. The van der Waals surface area contributed by atoms with Crippen molar-refractivity contribution in [1.82, 2.24) is 4.98 Å². The maximum absolute atomic E-state index is 10.7. The van der Waals surface area contributed by atoms with Crippen molar-refractivity contribution in [3.63, 3.8) is 0 Å². The summed E-state index contributed by atoms with van der Waals surface area (Å²) in [6.45, 7) is 12.8. The second kappa shape index (κ2) is 5.75. The minimum Gasteiger partial charge on any atom is -0.507 e. The minimum atomic E-state index is -0.0930. The lowest BCUT2D eigenvalue weighted by atomic mass is 9.78. The Hall–Kier alpha value is -1.83. The van der Waals surface area contributed by atoms with Gasteiger partial charge in [0.05, 0.1) is 0 Å². The summed E-state index contributed by atoms with van der Waals surface area (Å²) in [5.74, 6) is 0.435. The van der Waals surface area contributed by atoms with Gasteiger partial charge >= 0.3 is 0 Å². The number of pyridine rings is 1. The molecule has 22 heavy (non-hydrogen) atoms. The van der Waals surface area contributed by atoms with Crippen LogP contribution in [0.25, 0.3) is 0 Å². The molecule has 1 aromatic carbocycles. The average Bonchev–Trinajstić information content (AvgIpc) is 2.39. The predicted molar refractivity (Wildman–Crippen MR) is 92.5 cm³/mol. The number of hydrogen-bond donors (Lipinski definition) is 1. The summed E-state index contributed by atoms with van der Waals surface area (Å²) < 4.78 is 0. The molecule has 118 valence electrons. The highest BCUT2D eigenvalue weighted by Gasteiger charge is 2.26. The van der Waals surface area contributed by atoms with E-state index in [0.29, 0.717) is 5.75 Å². The van der Waals surface area contributed by atoms with Crippen LogP contribution in [0.15, 0.2) is 36.5 Å². The van der Waals surface area contributed by atoms with Crippen LogP contribution in [0.5, 0.6) is 5.75 Å². The summed E-state index contributed by atoms with van der Waals surface area (Å²) in [7, 11) is 0. The van der Waals surface area contributed by atoms with E-state index in [1.54, 1.807) is 0 Å². The summed E-state index contributed by atoms with van der Waals surface area (Å²) in [6, 6.07) is 10.2. The van der Waals surface area contributed by atoms with Crippen molar-refractivity contribution in [1.29, 1.82) is 0 Å². The molecule has 1 aromatic heterocycles. The normalized spacial score (nSPS) is 12.5. The first-order valence-corrected chi connectivity index (χ1v) is 7.86. The largest absolute Gasteiger partial charge is 0.507 e. The molecule has 0 bridgehead atoms. The molecule has 1 N–H and O–H groups in total. The fraction of sp³-hybridized carbons (Fsp3) is 0.450. The van der Waals surface area contributed by atoms with Gasteiger partial charge in [-0.15, -0.1) is 0 Å². The van der Waals surface area contributed by atoms with E-state index in [1.807, 2.05) is 24.4 Å². The zero-order valence-corrected chi connectivity index (χ0v) is 14.6. The second-order valence-corrected chi connectivity index (χ2v) is 8.04. The number of aromatic nitrogens is 1. The van der Waals surface area contributed by atoms with E-state index in [0.717, 1.165) is 23.2 Å². The van der Waals surface area contributed by atoms with Gasteiger partial charge in [0.1, 0.15) is 5.75 Å².